The molecule has 0 unspecified atom stereocenters. The van der Waals surface area contributed by atoms with E-state index in [1.807, 2.05) is 90.1 Å². The summed E-state index contributed by atoms with van der Waals surface area (Å²) in [6, 6.07) is 17.0. The van der Waals surface area contributed by atoms with Crippen molar-refractivity contribution in [3.8, 4) is 0 Å². The molecule has 17 nitrogen and oxygen atoms in total. The standard InChI is InChI=1S/C25H29N5O5S2.C19H23BrN4O3S/c1-25(2,3)35-24(33)30-12-10-29(11-13-30)19-8-6-5-7-16(19)26-21(31)18-15-37-23(28-18)27-17-9-14-36-20(17)22(32)34-4;1-19(2,3)27-18(26)24-10-8-23(9-11-24)15-7-5-4-6-13(15)21-16(25)14-12-28-17(20)22-14/h5-9,14-15H,10-13H2,1-4H3,(H,26,31)(H,27,28);4-7,12H,8-11H2,1-3H3,(H,21,25). The number of aromatic nitrogens is 2. The van der Waals surface area contributed by atoms with E-state index in [4.69, 9.17) is 14.2 Å². The Kier molecular flexibility index (Phi) is 16.1. The molecule has 2 aromatic carbocycles. The van der Waals surface area contributed by atoms with Crippen LogP contribution in [0.1, 0.15) is 72.2 Å². The highest BCUT2D eigenvalue weighted by Crippen LogP contribution is 2.31. The fourth-order valence-corrected chi connectivity index (χ4v) is 9.02. The van der Waals surface area contributed by atoms with Crippen LogP contribution >= 0.6 is 49.9 Å². The summed E-state index contributed by atoms with van der Waals surface area (Å²) in [5, 5.41) is 14.6. The first-order valence-corrected chi connectivity index (χ1v) is 24.1. The maximum Gasteiger partial charge on any atom is 0.410 e. The summed E-state index contributed by atoms with van der Waals surface area (Å²) < 4.78 is 16.4. The second kappa shape index (κ2) is 21.5. The molecule has 3 N–H and O–H groups in total. The first kappa shape index (κ1) is 48.7. The number of hydrogen-bond acceptors (Lipinski definition) is 16. The molecule has 0 saturated carbocycles. The van der Waals surface area contributed by atoms with E-state index in [9.17, 15) is 24.0 Å². The summed E-state index contributed by atoms with van der Waals surface area (Å²) in [6.07, 6.45) is -0.606. The number of thiophene rings is 1. The van der Waals surface area contributed by atoms with Gasteiger partial charge in [0.25, 0.3) is 11.8 Å². The molecule has 0 radical (unpaired) electrons. The SMILES string of the molecule is CC(C)(C)OC(=O)N1CCN(c2ccccc2NC(=O)c2csc(Br)n2)CC1.COC(=O)c1sccc1Nc1nc(C(=O)Nc2ccccc2N2CCN(C(=O)OC(C)(C)C)CC2)cs1. The lowest BCUT2D eigenvalue weighted by Gasteiger charge is -2.37. The van der Waals surface area contributed by atoms with E-state index < -0.39 is 17.2 Å². The zero-order chi connectivity index (χ0) is 46.9. The van der Waals surface area contributed by atoms with E-state index in [0.717, 1.165) is 17.1 Å². The Morgan fingerprint density at radius 1 is 0.615 bits per heavy atom. The molecule has 21 heteroatoms. The highest BCUT2D eigenvalue weighted by atomic mass is 79.9. The van der Waals surface area contributed by atoms with Gasteiger partial charge in [0.15, 0.2) is 9.05 Å². The van der Waals surface area contributed by atoms with Gasteiger partial charge in [-0.2, -0.15) is 0 Å². The van der Waals surface area contributed by atoms with Crippen LogP contribution in [0.25, 0.3) is 0 Å². The lowest BCUT2D eigenvalue weighted by atomic mass is 10.2. The van der Waals surface area contributed by atoms with Crippen molar-refractivity contribution in [3.63, 3.8) is 0 Å². The van der Waals surface area contributed by atoms with Crippen LogP contribution in [0.15, 0.2) is 74.7 Å². The minimum atomic E-state index is -0.538. The van der Waals surface area contributed by atoms with Gasteiger partial charge in [0, 0.05) is 63.1 Å². The Balaban J connectivity index is 0.000000224. The zero-order valence-electron chi connectivity index (χ0n) is 37.1. The summed E-state index contributed by atoms with van der Waals surface area (Å²) in [5.74, 6) is -1.03. The Hall–Kier alpha value is -5.77. The number of piperazine rings is 2. The number of carbonyl (C=O) groups is 5. The monoisotopic (exact) mass is 1010 g/mol. The van der Waals surface area contributed by atoms with E-state index in [1.165, 1.54) is 41.1 Å². The maximum atomic E-state index is 13.0. The number of nitrogens with zero attached hydrogens (tertiary/aromatic N) is 6. The molecule has 2 aliphatic rings. The molecule has 346 valence electrons. The molecule has 2 aliphatic heterocycles. The van der Waals surface area contributed by atoms with Crippen molar-refractivity contribution in [2.75, 3.05) is 85.2 Å². The highest BCUT2D eigenvalue weighted by Gasteiger charge is 2.29. The lowest BCUT2D eigenvalue weighted by Crippen LogP contribution is -2.50. The Morgan fingerprint density at radius 3 is 1.52 bits per heavy atom. The molecule has 4 amide bonds. The molecule has 2 fully saturated rings. The van der Waals surface area contributed by atoms with Gasteiger partial charge >= 0.3 is 18.2 Å². The molecule has 0 atom stereocenters. The summed E-state index contributed by atoms with van der Waals surface area (Å²) in [5.41, 5.74) is 3.35. The zero-order valence-corrected chi connectivity index (χ0v) is 41.2. The van der Waals surface area contributed by atoms with Crippen molar-refractivity contribution in [3.05, 3.63) is 90.9 Å². The average molecular weight is 1010 g/mol. The van der Waals surface area contributed by atoms with Crippen molar-refractivity contribution in [1.29, 1.82) is 0 Å². The third-order valence-corrected chi connectivity index (χ3v) is 12.6. The number of hydrogen-bond donors (Lipinski definition) is 3. The number of carbonyl (C=O) groups excluding carboxylic acids is 5. The topological polar surface area (TPSA) is 188 Å². The second-order valence-corrected chi connectivity index (χ2v) is 20.6. The quantitative estimate of drug-likeness (QED) is 0.0938. The number of rotatable bonds is 9. The molecule has 0 bridgehead atoms. The third-order valence-electron chi connectivity index (χ3n) is 9.57. The fraction of sp³-hybridized carbons (Fsp3) is 0.386. The normalized spacial score (nSPS) is 14.2. The summed E-state index contributed by atoms with van der Waals surface area (Å²) in [7, 11) is 1.33. The van der Waals surface area contributed by atoms with Gasteiger partial charge in [-0.1, -0.05) is 24.3 Å². The van der Waals surface area contributed by atoms with Crippen LogP contribution in [-0.2, 0) is 14.2 Å². The van der Waals surface area contributed by atoms with Gasteiger partial charge < -0.3 is 49.8 Å². The van der Waals surface area contributed by atoms with Crippen molar-refractivity contribution in [2.45, 2.75) is 52.7 Å². The number of para-hydroxylation sites is 4. The van der Waals surface area contributed by atoms with Crippen molar-refractivity contribution >= 4 is 113 Å². The molecule has 5 aromatic rings. The number of nitrogens with one attached hydrogen (secondary N) is 3. The molecule has 7 rings (SSSR count). The largest absolute Gasteiger partial charge is 0.465 e. The summed E-state index contributed by atoms with van der Waals surface area (Å²) in [6.45, 7) is 15.9. The van der Waals surface area contributed by atoms with Gasteiger partial charge in [-0.15, -0.1) is 34.0 Å². The summed E-state index contributed by atoms with van der Waals surface area (Å²) >= 11 is 7.17. The van der Waals surface area contributed by atoms with Crippen molar-refractivity contribution in [1.82, 2.24) is 19.8 Å². The van der Waals surface area contributed by atoms with E-state index in [2.05, 4.69) is 51.6 Å². The smallest absolute Gasteiger partial charge is 0.410 e. The molecular formula is C44H52BrN9O8S3. The first-order valence-electron chi connectivity index (χ1n) is 20.6. The van der Waals surface area contributed by atoms with Gasteiger partial charge in [0.1, 0.15) is 27.5 Å². The fourth-order valence-electron chi connectivity index (χ4n) is 6.56. The molecule has 0 spiro atoms. The van der Waals surface area contributed by atoms with Gasteiger partial charge in [-0.25, -0.2) is 24.4 Å². The van der Waals surface area contributed by atoms with Crippen molar-refractivity contribution in [2.24, 2.45) is 0 Å². The molecule has 65 heavy (non-hydrogen) atoms. The van der Waals surface area contributed by atoms with Gasteiger partial charge in [-0.05, 0) is 93.2 Å². The Labute approximate surface area is 398 Å². The minimum absolute atomic E-state index is 0.248. The van der Waals surface area contributed by atoms with Gasteiger partial charge in [0.05, 0.1) is 35.5 Å². The van der Waals surface area contributed by atoms with E-state index >= 15 is 0 Å². The van der Waals surface area contributed by atoms with E-state index in [1.54, 1.807) is 32.0 Å². The molecule has 0 aliphatic carbocycles. The number of benzene rings is 2. The highest BCUT2D eigenvalue weighted by molar-refractivity contribution is 9.11. The lowest BCUT2D eigenvalue weighted by molar-refractivity contribution is 0.0230. The number of methoxy groups -OCH3 is 1. The van der Waals surface area contributed by atoms with Crippen LogP contribution in [0.4, 0.5) is 43.2 Å². The Bertz CT molecular complexity index is 2460. The van der Waals surface area contributed by atoms with Crippen LogP contribution in [-0.4, -0.2) is 120 Å². The van der Waals surface area contributed by atoms with Crippen LogP contribution in [0.2, 0.25) is 0 Å². The molecular weight excluding hydrogens is 959 g/mol. The number of esters is 1. The molecule has 3 aromatic heterocycles. The Morgan fingerprint density at radius 2 is 1.08 bits per heavy atom. The first-order chi connectivity index (χ1) is 30.9. The third kappa shape index (κ3) is 13.6. The number of anilines is 6. The predicted octanol–water partition coefficient (Wildman–Crippen LogP) is 9.26. The van der Waals surface area contributed by atoms with Gasteiger partial charge in [-0.3, -0.25) is 9.59 Å². The molecule has 5 heterocycles. The van der Waals surface area contributed by atoms with Crippen LogP contribution in [0, 0.1) is 0 Å². The van der Waals surface area contributed by atoms with E-state index in [0.29, 0.717) is 83.4 Å². The number of ether oxygens (including phenoxy) is 3. The summed E-state index contributed by atoms with van der Waals surface area (Å²) in [4.78, 5) is 78.7. The number of halogens is 1. The second-order valence-electron chi connectivity index (χ2n) is 16.7. The van der Waals surface area contributed by atoms with Crippen LogP contribution in [0.5, 0.6) is 0 Å². The number of thiazole rings is 2. The average Bonchev–Trinajstić information content (AvgIpc) is 4.05. The van der Waals surface area contributed by atoms with Gasteiger partial charge in [0.2, 0.25) is 0 Å². The van der Waals surface area contributed by atoms with Crippen LogP contribution < -0.4 is 25.8 Å². The molecule has 2 saturated heterocycles. The van der Waals surface area contributed by atoms with E-state index in [-0.39, 0.29) is 29.7 Å². The van der Waals surface area contributed by atoms with Crippen LogP contribution in [0.3, 0.4) is 0 Å². The number of amides is 4. The minimum Gasteiger partial charge on any atom is -0.465 e. The van der Waals surface area contributed by atoms with Crippen molar-refractivity contribution < 1.29 is 38.2 Å². The maximum absolute atomic E-state index is 13.0. The predicted molar refractivity (Wildman–Crippen MR) is 260 cm³/mol.